The van der Waals surface area contributed by atoms with Gasteiger partial charge in [-0.2, -0.15) is 0 Å². The van der Waals surface area contributed by atoms with Crippen LogP contribution in [0.15, 0.2) is 0 Å². The van der Waals surface area contributed by atoms with Gasteiger partial charge in [-0.3, -0.25) is 0 Å². The van der Waals surface area contributed by atoms with Crippen molar-refractivity contribution in [2.45, 2.75) is 37.4 Å². The lowest BCUT2D eigenvalue weighted by atomic mass is 9.56. The Kier molecular flexibility index (Phi) is 2.09. The van der Waals surface area contributed by atoms with Gasteiger partial charge in [0.2, 0.25) is 0 Å². The molecule has 13 heavy (non-hydrogen) atoms. The van der Waals surface area contributed by atoms with Gasteiger partial charge in [-0.15, -0.1) is 11.8 Å². The molecule has 0 heterocycles. The highest BCUT2D eigenvalue weighted by Crippen LogP contribution is 2.56. The van der Waals surface area contributed by atoms with Gasteiger partial charge in [-0.25, -0.2) is 0 Å². The smallest absolute Gasteiger partial charge is 0.0888 e. The maximum Gasteiger partial charge on any atom is 0.0888 e. The molecule has 4 bridgehead atoms. The van der Waals surface area contributed by atoms with Crippen molar-refractivity contribution >= 4 is 11.8 Å². The number of hydrogen-bond donors (Lipinski definition) is 1. The molecule has 74 valence electrons. The van der Waals surface area contributed by atoms with Crippen molar-refractivity contribution < 1.29 is 5.11 Å². The van der Waals surface area contributed by atoms with Gasteiger partial charge in [0, 0.05) is 5.25 Å². The lowest BCUT2D eigenvalue weighted by molar-refractivity contribution is 0.0263. The van der Waals surface area contributed by atoms with Crippen molar-refractivity contribution in [3.63, 3.8) is 0 Å². The topological polar surface area (TPSA) is 20.2 Å². The Morgan fingerprint density at radius 1 is 0.923 bits per heavy atom. The summed E-state index contributed by atoms with van der Waals surface area (Å²) in [4.78, 5) is 0. The second-order valence-electron chi connectivity index (χ2n) is 5.19. The molecule has 4 saturated carbocycles. The SMILES string of the molecule is OCSC1C2CC3CC(C2)CC1C3. The summed E-state index contributed by atoms with van der Waals surface area (Å²) in [6.07, 6.45) is 7.44. The van der Waals surface area contributed by atoms with Crippen LogP contribution in [0.4, 0.5) is 0 Å². The summed E-state index contributed by atoms with van der Waals surface area (Å²) >= 11 is 1.82. The molecule has 0 aliphatic heterocycles. The van der Waals surface area contributed by atoms with E-state index in [2.05, 4.69) is 0 Å². The summed E-state index contributed by atoms with van der Waals surface area (Å²) in [5, 5.41) is 9.83. The van der Waals surface area contributed by atoms with Crippen molar-refractivity contribution in [3.05, 3.63) is 0 Å². The third kappa shape index (κ3) is 1.33. The van der Waals surface area contributed by atoms with Crippen LogP contribution in [-0.2, 0) is 0 Å². The Morgan fingerprint density at radius 3 is 1.92 bits per heavy atom. The molecule has 1 N–H and O–H groups in total. The van der Waals surface area contributed by atoms with Crippen LogP contribution >= 0.6 is 11.8 Å². The van der Waals surface area contributed by atoms with Gasteiger partial charge in [0.25, 0.3) is 0 Å². The molecule has 0 aromatic carbocycles. The zero-order valence-electron chi connectivity index (χ0n) is 7.98. The van der Waals surface area contributed by atoms with Crippen LogP contribution < -0.4 is 0 Å². The average Bonchev–Trinajstić information content (AvgIpc) is 2.10. The highest BCUT2D eigenvalue weighted by Gasteiger charge is 2.48. The zero-order valence-corrected chi connectivity index (χ0v) is 8.80. The molecule has 0 radical (unpaired) electrons. The van der Waals surface area contributed by atoms with E-state index in [1.165, 1.54) is 32.1 Å². The second-order valence-corrected chi connectivity index (χ2v) is 6.33. The average molecular weight is 198 g/mol. The van der Waals surface area contributed by atoms with Crippen molar-refractivity contribution in [2.75, 3.05) is 5.94 Å². The Hall–Kier alpha value is 0.310. The van der Waals surface area contributed by atoms with Crippen molar-refractivity contribution in [1.29, 1.82) is 0 Å². The van der Waals surface area contributed by atoms with Crippen LogP contribution in [0.3, 0.4) is 0 Å². The number of rotatable bonds is 2. The van der Waals surface area contributed by atoms with Gasteiger partial charge in [0.05, 0.1) is 5.94 Å². The predicted octanol–water partition coefficient (Wildman–Crippen LogP) is 2.49. The minimum absolute atomic E-state index is 0.340. The summed E-state index contributed by atoms with van der Waals surface area (Å²) in [5.74, 6) is 4.41. The van der Waals surface area contributed by atoms with E-state index in [1.54, 1.807) is 0 Å². The molecule has 0 unspecified atom stereocenters. The molecule has 4 fully saturated rings. The number of aliphatic hydroxyl groups excluding tert-OH is 1. The summed E-state index contributed by atoms with van der Waals surface area (Å²) in [6, 6.07) is 0. The Bertz CT molecular complexity index is 176. The number of thioether (sulfide) groups is 1. The first kappa shape index (κ1) is 8.60. The molecule has 1 nitrogen and oxygen atoms in total. The van der Waals surface area contributed by atoms with Crippen LogP contribution in [0.1, 0.15) is 32.1 Å². The molecule has 0 amide bonds. The molecule has 0 atom stereocenters. The van der Waals surface area contributed by atoms with E-state index in [-0.39, 0.29) is 0 Å². The van der Waals surface area contributed by atoms with Crippen LogP contribution in [0.25, 0.3) is 0 Å². The van der Waals surface area contributed by atoms with Crippen molar-refractivity contribution in [3.8, 4) is 0 Å². The predicted molar refractivity (Wildman–Crippen MR) is 55.5 cm³/mol. The number of aliphatic hydroxyl groups is 1. The van der Waals surface area contributed by atoms with Gasteiger partial charge in [-0.1, -0.05) is 0 Å². The quantitative estimate of drug-likeness (QED) is 0.688. The molecule has 0 aromatic heterocycles. The van der Waals surface area contributed by atoms with E-state index in [1.807, 2.05) is 11.8 Å². The molecule has 4 rings (SSSR count). The van der Waals surface area contributed by atoms with E-state index in [0.29, 0.717) is 5.94 Å². The van der Waals surface area contributed by atoms with E-state index in [4.69, 9.17) is 5.11 Å². The highest BCUT2D eigenvalue weighted by molar-refractivity contribution is 7.99. The van der Waals surface area contributed by atoms with E-state index >= 15 is 0 Å². The maximum absolute atomic E-state index is 9.01. The lowest BCUT2D eigenvalue weighted by Gasteiger charge is -2.54. The van der Waals surface area contributed by atoms with Crippen molar-refractivity contribution in [1.82, 2.24) is 0 Å². The Morgan fingerprint density at radius 2 is 1.46 bits per heavy atom. The highest BCUT2D eigenvalue weighted by atomic mass is 32.2. The molecular formula is C11H18OS. The molecule has 0 aromatic rings. The van der Waals surface area contributed by atoms with Crippen LogP contribution in [0.5, 0.6) is 0 Å². The summed E-state index contributed by atoms with van der Waals surface area (Å²) in [6.45, 7) is 0. The maximum atomic E-state index is 9.01. The van der Waals surface area contributed by atoms with Gasteiger partial charge in [0.1, 0.15) is 0 Å². The summed E-state index contributed by atoms with van der Waals surface area (Å²) in [7, 11) is 0. The second kappa shape index (κ2) is 3.16. The third-order valence-corrected chi connectivity index (χ3v) is 5.71. The van der Waals surface area contributed by atoms with Crippen LogP contribution in [-0.4, -0.2) is 16.3 Å². The first-order valence-corrected chi connectivity index (χ1v) is 6.64. The molecule has 0 spiro atoms. The van der Waals surface area contributed by atoms with Gasteiger partial charge >= 0.3 is 0 Å². The molecular weight excluding hydrogens is 180 g/mol. The molecule has 0 saturated heterocycles. The largest absolute Gasteiger partial charge is 0.386 e. The minimum atomic E-state index is 0.340. The van der Waals surface area contributed by atoms with Gasteiger partial charge in [-0.05, 0) is 55.8 Å². The fraction of sp³-hybridized carbons (Fsp3) is 1.00. The van der Waals surface area contributed by atoms with E-state index in [9.17, 15) is 0 Å². The first-order valence-electron chi connectivity index (χ1n) is 5.59. The summed E-state index contributed by atoms with van der Waals surface area (Å²) in [5.41, 5.74) is 0. The van der Waals surface area contributed by atoms with E-state index in [0.717, 1.165) is 28.9 Å². The van der Waals surface area contributed by atoms with Gasteiger partial charge in [0.15, 0.2) is 0 Å². The van der Waals surface area contributed by atoms with Crippen LogP contribution in [0.2, 0.25) is 0 Å². The van der Waals surface area contributed by atoms with Crippen molar-refractivity contribution in [2.24, 2.45) is 23.7 Å². The fourth-order valence-corrected chi connectivity index (χ4v) is 5.39. The summed E-state index contributed by atoms with van der Waals surface area (Å²) < 4.78 is 0. The number of hydrogen-bond acceptors (Lipinski definition) is 2. The lowest BCUT2D eigenvalue weighted by Crippen LogP contribution is -2.46. The van der Waals surface area contributed by atoms with Gasteiger partial charge < -0.3 is 5.11 Å². The van der Waals surface area contributed by atoms with Crippen LogP contribution in [0, 0.1) is 23.7 Å². The third-order valence-electron chi connectivity index (χ3n) is 4.41. The normalized spacial score (nSPS) is 52.8. The Balaban J connectivity index is 1.77. The first-order chi connectivity index (χ1) is 6.36. The zero-order chi connectivity index (χ0) is 8.84. The monoisotopic (exact) mass is 198 g/mol. The Labute approximate surface area is 84.3 Å². The molecule has 4 aliphatic rings. The minimum Gasteiger partial charge on any atom is -0.386 e. The fourth-order valence-electron chi connectivity index (χ4n) is 4.23. The molecule has 2 heteroatoms. The standard InChI is InChI=1S/C11H18OS/c12-6-13-11-9-2-7-1-8(4-9)5-10(11)3-7/h7-12H,1-6H2. The molecule has 4 aliphatic carbocycles. The van der Waals surface area contributed by atoms with E-state index < -0.39 is 0 Å².